The van der Waals surface area contributed by atoms with Crippen molar-refractivity contribution in [2.24, 2.45) is 23.5 Å². The van der Waals surface area contributed by atoms with Gasteiger partial charge in [-0.25, -0.2) is 4.39 Å². The summed E-state index contributed by atoms with van der Waals surface area (Å²) in [6.45, 7) is 1.79. The molecule has 0 spiro atoms. The minimum Gasteiger partial charge on any atom is -0.344 e. The summed E-state index contributed by atoms with van der Waals surface area (Å²) >= 11 is 0. The average molecular weight is 381 g/mol. The van der Waals surface area contributed by atoms with E-state index < -0.39 is 6.04 Å². The number of nitrogens with two attached hydrogens (primary N) is 1. The van der Waals surface area contributed by atoms with Crippen molar-refractivity contribution in [3.8, 4) is 11.4 Å². The maximum absolute atomic E-state index is 13.3. The van der Waals surface area contributed by atoms with Crippen molar-refractivity contribution in [2.75, 3.05) is 0 Å². The van der Waals surface area contributed by atoms with Crippen LogP contribution in [0, 0.1) is 23.6 Å². The van der Waals surface area contributed by atoms with E-state index in [1.54, 1.807) is 19.1 Å². The number of rotatable bonds is 4. The second-order valence-electron chi connectivity index (χ2n) is 7.13. The number of nitrogens with zero attached hydrogens (tertiary/aromatic N) is 2. The Labute approximate surface area is 157 Å². The minimum atomic E-state index is -0.423. The molecule has 2 aromatic rings. The number of halogens is 2. The number of amides is 1. The molecule has 2 aliphatic rings. The van der Waals surface area contributed by atoms with Gasteiger partial charge in [-0.05, 0) is 50.2 Å². The first-order chi connectivity index (χ1) is 12.0. The fourth-order valence-corrected chi connectivity index (χ4v) is 4.25. The van der Waals surface area contributed by atoms with E-state index in [2.05, 4.69) is 15.5 Å². The fourth-order valence-electron chi connectivity index (χ4n) is 4.25. The van der Waals surface area contributed by atoms with E-state index in [1.807, 2.05) is 0 Å². The normalized spacial score (nSPS) is 27.8. The molecule has 6 nitrogen and oxygen atoms in total. The zero-order valence-electron chi connectivity index (χ0n) is 14.4. The second-order valence-corrected chi connectivity index (χ2v) is 7.13. The predicted molar refractivity (Wildman–Crippen MR) is 95.8 cm³/mol. The topological polar surface area (TPSA) is 94.0 Å². The maximum Gasteiger partial charge on any atom is 0.249 e. The summed E-state index contributed by atoms with van der Waals surface area (Å²) < 4.78 is 18.6. The van der Waals surface area contributed by atoms with Crippen LogP contribution in [0.1, 0.15) is 38.1 Å². The molecular weight excluding hydrogens is 359 g/mol. The van der Waals surface area contributed by atoms with Crippen molar-refractivity contribution >= 4 is 18.3 Å². The smallest absolute Gasteiger partial charge is 0.249 e. The molecule has 1 heterocycles. The summed E-state index contributed by atoms with van der Waals surface area (Å²) in [6.07, 6.45) is 3.26. The molecule has 1 aromatic heterocycles. The monoisotopic (exact) mass is 380 g/mol. The third-order valence-corrected chi connectivity index (χ3v) is 5.54. The third-order valence-electron chi connectivity index (χ3n) is 5.54. The SMILES string of the molecule is CC(NC(=O)C1C2CCC(C2)C1N)c1nc(-c2cccc(F)c2)no1.Cl. The summed E-state index contributed by atoms with van der Waals surface area (Å²) in [7, 11) is 0. The lowest BCUT2D eigenvalue weighted by molar-refractivity contribution is -0.127. The van der Waals surface area contributed by atoms with Crippen LogP contribution < -0.4 is 11.1 Å². The number of carbonyl (C=O) groups excluding carboxylic acids is 1. The van der Waals surface area contributed by atoms with Crippen LogP contribution in [0.2, 0.25) is 0 Å². The Morgan fingerprint density at radius 1 is 1.38 bits per heavy atom. The molecule has 0 aliphatic heterocycles. The molecule has 5 unspecified atom stereocenters. The lowest BCUT2D eigenvalue weighted by atomic mass is 9.84. The molecule has 1 aromatic carbocycles. The highest BCUT2D eigenvalue weighted by molar-refractivity contribution is 5.85. The number of nitrogens with one attached hydrogen (secondary N) is 1. The van der Waals surface area contributed by atoms with Crippen molar-refractivity contribution in [1.82, 2.24) is 15.5 Å². The summed E-state index contributed by atoms with van der Waals surface area (Å²) in [4.78, 5) is 16.9. The molecule has 2 saturated carbocycles. The molecule has 140 valence electrons. The van der Waals surface area contributed by atoms with Gasteiger partial charge >= 0.3 is 0 Å². The molecule has 1 amide bonds. The van der Waals surface area contributed by atoms with Crippen LogP contribution in [0.5, 0.6) is 0 Å². The first-order valence-corrected chi connectivity index (χ1v) is 8.68. The number of carbonyl (C=O) groups is 1. The molecular formula is C18H22ClFN4O2. The zero-order chi connectivity index (χ0) is 17.6. The Kier molecular flexibility index (Phi) is 5.29. The van der Waals surface area contributed by atoms with Crippen LogP contribution in [-0.2, 0) is 4.79 Å². The van der Waals surface area contributed by atoms with Crippen molar-refractivity contribution in [3.63, 3.8) is 0 Å². The molecule has 2 bridgehead atoms. The molecule has 4 rings (SSSR count). The molecule has 5 atom stereocenters. The van der Waals surface area contributed by atoms with Crippen LogP contribution in [0.15, 0.2) is 28.8 Å². The third kappa shape index (κ3) is 3.33. The highest BCUT2D eigenvalue weighted by Gasteiger charge is 2.49. The van der Waals surface area contributed by atoms with Crippen LogP contribution in [0.25, 0.3) is 11.4 Å². The van der Waals surface area contributed by atoms with Gasteiger partial charge in [-0.2, -0.15) is 4.98 Å². The zero-order valence-corrected chi connectivity index (χ0v) is 15.2. The van der Waals surface area contributed by atoms with Gasteiger partial charge in [0.15, 0.2) is 0 Å². The van der Waals surface area contributed by atoms with E-state index in [0.717, 1.165) is 19.3 Å². The van der Waals surface area contributed by atoms with E-state index in [-0.39, 0.29) is 36.1 Å². The summed E-state index contributed by atoms with van der Waals surface area (Å²) in [5.41, 5.74) is 6.76. The second kappa shape index (κ2) is 7.32. The standard InChI is InChI=1S/C18H21FN4O2.ClH/c1-9(21-17(24)14-10-5-6-11(7-10)15(14)20)18-22-16(23-25-18)12-3-2-4-13(19)8-12;/h2-4,8-11,14-15H,5-7,20H2,1H3,(H,21,24);1H. The maximum atomic E-state index is 13.3. The molecule has 2 fully saturated rings. The van der Waals surface area contributed by atoms with Gasteiger partial charge in [0.1, 0.15) is 11.9 Å². The molecule has 0 saturated heterocycles. The Balaban J connectivity index is 0.00000196. The van der Waals surface area contributed by atoms with E-state index >= 15 is 0 Å². The Hall–Kier alpha value is -1.99. The minimum absolute atomic E-state index is 0. The average Bonchev–Trinajstić information content (AvgIpc) is 3.30. The highest BCUT2D eigenvalue weighted by Crippen LogP contribution is 2.47. The summed E-state index contributed by atoms with van der Waals surface area (Å²) in [6, 6.07) is 5.50. The fraction of sp³-hybridized carbons (Fsp3) is 0.500. The van der Waals surface area contributed by atoms with Gasteiger partial charge in [0, 0.05) is 11.6 Å². The van der Waals surface area contributed by atoms with Gasteiger partial charge in [0.2, 0.25) is 17.6 Å². The van der Waals surface area contributed by atoms with Gasteiger partial charge in [-0.15, -0.1) is 12.4 Å². The van der Waals surface area contributed by atoms with E-state index in [4.69, 9.17) is 10.3 Å². The summed E-state index contributed by atoms with van der Waals surface area (Å²) in [5.74, 6) is 0.910. The molecule has 8 heteroatoms. The molecule has 26 heavy (non-hydrogen) atoms. The van der Waals surface area contributed by atoms with Crippen LogP contribution in [0.4, 0.5) is 4.39 Å². The Bertz CT molecular complexity index is 797. The van der Waals surface area contributed by atoms with E-state index in [0.29, 0.717) is 29.1 Å². The van der Waals surface area contributed by atoms with Crippen molar-refractivity contribution in [2.45, 2.75) is 38.3 Å². The van der Waals surface area contributed by atoms with Crippen molar-refractivity contribution in [3.05, 3.63) is 36.0 Å². The number of hydrogen-bond donors (Lipinski definition) is 2. The number of benzene rings is 1. The quantitative estimate of drug-likeness (QED) is 0.850. The van der Waals surface area contributed by atoms with Gasteiger partial charge in [-0.1, -0.05) is 17.3 Å². The van der Waals surface area contributed by atoms with Gasteiger partial charge < -0.3 is 15.6 Å². The molecule has 3 N–H and O–H groups in total. The van der Waals surface area contributed by atoms with Crippen LogP contribution >= 0.6 is 12.4 Å². The first kappa shape index (κ1) is 18.8. The Morgan fingerprint density at radius 3 is 2.85 bits per heavy atom. The Morgan fingerprint density at radius 2 is 2.15 bits per heavy atom. The lowest BCUT2D eigenvalue weighted by Crippen LogP contribution is -2.45. The van der Waals surface area contributed by atoms with Gasteiger partial charge in [0.25, 0.3) is 0 Å². The van der Waals surface area contributed by atoms with Crippen molar-refractivity contribution < 1.29 is 13.7 Å². The van der Waals surface area contributed by atoms with Crippen LogP contribution in [0.3, 0.4) is 0 Å². The van der Waals surface area contributed by atoms with Gasteiger partial charge in [0.05, 0.1) is 5.92 Å². The first-order valence-electron chi connectivity index (χ1n) is 8.68. The van der Waals surface area contributed by atoms with Crippen LogP contribution in [-0.4, -0.2) is 22.1 Å². The predicted octanol–water partition coefficient (Wildman–Crippen LogP) is 2.85. The molecule has 2 aliphatic carbocycles. The van der Waals surface area contributed by atoms with Crippen molar-refractivity contribution in [1.29, 1.82) is 0 Å². The molecule has 0 radical (unpaired) electrons. The highest BCUT2D eigenvalue weighted by atomic mass is 35.5. The largest absolute Gasteiger partial charge is 0.344 e. The van der Waals surface area contributed by atoms with E-state index in [9.17, 15) is 9.18 Å². The lowest BCUT2D eigenvalue weighted by Gasteiger charge is -2.27. The number of hydrogen-bond acceptors (Lipinski definition) is 5. The number of fused-ring (bicyclic) bond motifs is 2. The van der Waals surface area contributed by atoms with E-state index in [1.165, 1.54) is 12.1 Å². The van der Waals surface area contributed by atoms with Gasteiger partial charge in [-0.3, -0.25) is 4.79 Å². The number of aromatic nitrogens is 2. The summed E-state index contributed by atoms with van der Waals surface area (Å²) in [5, 5.41) is 6.82.